The Kier molecular flexibility index (Phi) is 10.0. The second-order valence-corrected chi connectivity index (χ2v) is 11.1. The largest absolute Gasteiger partial charge is 0.495 e. The fourth-order valence-electron chi connectivity index (χ4n) is 4.30. The third kappa shape index (κ3) is 9.92. The van der Waals surface area contributed by atoms with E-state index in [9.17, 15) is 9.59 Å². The summed E-state index contributed by atoms with van der Waals surface area (Å²) < 4.78 is 11.2. The number of hydrogen-bond donors (Lipinski definition) is 2. The Balaban J connectivity index is 1.26. The Morgan fingerprint density at radius 2 is 1.86 bits per heavy atom. The molecule has 35 heavy (non-hydrogen) atoms. The van der Waals surface area contributed by atoms with E-state index in [1.807, 2.05) is 42.2 Å². The van der Waals surface area contributed by atoms with E-state index < -0.39 is 6.09 Å². The first-order valence-electron chi connectivity index (χ1n) is 13.0. The van der Waals surface area contributed by atoms with E-state index in [1.54, 1.807) is 0 Å². The molecule has 1 unspecified atom stereocenters. The third-order valence-corrected chi connectivity index (χ3v) is 6.70. The molecule has 1 atom stereocenters. The van der Waals surface area contributed by atoms with Crippen LogP contribution in [0.15, 0.2) is 36.1 Å². The zero-order chi connectivity index (χ0) is 25.3. The first-order chi connectivity index (χ1) is 16.7. The molecule has 3 rings (SSSR count). The van der Waals surface area contributed by atoms with E-state index >= 15 is 0 Å². The van der Waals surface area contributed by atoms with E-state index in [1.165, 1.54) is 5.56 Å². The normalized spacial score (nSPS) is 19.0. The lowest BCUT2D eigenvalue weighted by molar-refractivity contribution is -0.133. The summed E-state index contributed by atoms with van der Waals surface area (Å²) in [5.41, 5.74) is 2.35. The van der Waals surface area contributed by atoms with Gasteiger partial charge in [0.25, 0.3) is 0 Å². The highest BCUT2D eigenvalue weighted by Crippen LogP contribution is 2.23. The Hall–Kier alpha value is -2.54. The quantitative estimate of drug-likeness (QED) is 0.537. The van der Waals surface area contributed by atoms with Gasteiger partial charge in [-0.25, -0.2) is 4.79 Å². The number of likely N-dealkylation sites (tertiary alicyclic amines) is 1. The van der Waals surface area contributed by atoms with Crippen LogP contribution in [0.4, 0.5) is 4.79 Å². The smallest absolute Gasteiger partial charge is 0.407 e. The maximum atomic E-state index is 12.4. The number of carbonyl (C=O) groups is 2. The van der Waals surface area contributed by atoms with Crippen molar-refractivity contribution >= 4 is 12.0 Å². The molecule has 0 saturated carbocycles. The summed E-state index contributed by atoms with van der Waals surface area (Å²) in [6, 6.07) is 7.86. The number of nitrogens with zero attached hydrogens (tertiary/aromatic N) is 1. The van der Waals surface area contributed by atoms with Crippen molar-refractivity contribution in [1.82, 2.24) is 15.5 Å². The van der Waals surface area contributed by atoms with Crippen LogP contribution < -0.4 is 10.6 Å². The maximum Gasteiger partial charge on any atom is 0.407 e. The monoisotopic (exact) mass is 485 g/mol. The van der Waals surface area contributed by atoms with Crippen LogP contribution in [0.25, 0.3) is 0 Å². The first kappa shape index (κ1) is 27.1. The number of aryl methyl sites for hydroxylation is 1. The molecule has 0 aliphatic carbocycles. The van der Waals surface area contributed by atoms with Crippen LogP contribution in [0, 0.1) is 18.3 Å². The standard InChI is InChI=1S/C28H43N3O4/c1-21-5-7-23(8-6-21)19-35-27(33)30-24-9-10-25(34-20-24)18-29-17-22-12-15-31(16-13-22)26(32)11-14-28(2,3)4/h5-8,10,22,24,29H,9,11-20H2,1-4H3,(H,30,33). The first-order valence-corrected chi connectivity index (χ1v) is 13.0. The van der Waals surface area contributed by atoms with Crippen molar-refractivity contribution in [2.45, 2.75) is 72.4 Å². The lowest BCUT2D eigenvalue weighted by Gasteiger charge is -2.33. The van der Waals surface area contributed by atoms with Gasteiger partial charge < -0.3 is 25.0 Å². The number of hydrogen-bond acceptors (Lipinski definition) is 5. The Labute approximate surface area is 210 Å². The van der Waals surface area contributed by atoms with E-state index in [0.717, 1.165) is 56.6 Å². The molecule has 0 radical (unpaired) electrons. The van der Waals surface area contributed by atoms with Gasteiger partial charge in [-0.1, -0.05) is 50.6 Å². The van der Waals surface area contributed by atoms with Crippen molar-refractivity contribution in [2.24, 2.45) is 11.3 Å². The van der Waals surface area contributed by atoms with Crippen LogP contribution >= 0.6 is 0 Å². The van der Waals surface area contributed by atoms with Crippen LogP contribution in [-0.4, -0.2) is 55.7 Å². The molecule has 2 amide bonds. The molecule has 1 saturated heterocycles. The molecule has 2 heterocycles. The number of ether oxygens (including phenoxy) is 2. The van der Waals surface area contributed by atoms with Gasteiger partial charge >= 0.3 is 6.09 Å². The number of nitrogens with one attached hydrogen (secondary N) is 2. The van der Waals surface area contributed by atoms with Crippen molar-refractivity contribution in [2.75, 3.05) is 32.8 Å². The van der Waals surface area contributed by atoms with Gasteiger partial charge in [0.2, 0.25) is 5.91 Å². The van der Waals surface area contributed by atoms with Crippen LogP contribution in [-0.2, 0) is 20.9 Å². The zero-order valence-corrected chi connectivity index (χ0v) is 21.9. The minimum absolute atomic E-state index is 0.0792. The average molecular weight is 486 g/mol. The molecule has 0 spiro atoms. The Morgan fingerprint density at radius 1 is 1.14 bits per heavy atom. The van der Waals surface area contributed by atoms with Crippen molar-refractivity contribution in [3.63, 3.8) is 0 Å². The molecule has 0 bridgehead atoms. The summed E-state index contributed by atoms with van der Waals surface area (Å²) in [4.78, 5) is 26.5. The minimum atomic E-state index is -0.419. The molecule has 1 aromatic rings. The number of carbonyl (C=O) groups excluding carboxylic acids is 2. The van der Waals surface area contributed by atoms with Crippen LogP contribution in [0.2, 0.25) is 0 Å². The zero-order valence-electron chi connectivity index (χ0n) is 21.9. The molecule has 7 nitrogen and oxygen atoms in total. The van der Waals surface area contributed by atoms with Gasteiger partial charge in [-0.15, -0.1) is 0 Å². The number of benzene rings is 1. The summed E-state index contributed by atoms with van der Waals surface area (Å²) >= 11 is 0. The molecule has 2 aliphatic rings. The van der Waals surface area contributed by atoms with Gasteiger partial charge in [0, 0.05) is 19.5 Å². The van der Waals surface area contributed by atoms with E-state index in [4.69, 9.17) is 9.47 Å². The summed E-state index contributed by atoms with van der Waals surface area (Å²) in [6.45, 7) is 12.6. The van der Waals surface area contributed by atoms with Crippen LogP contribution in [0.1, 0.15) is 64.0 Å². The van der Waals surface area contributed by atoms with Gasteiger partial charge in [-0.05, 0) is 62.1 Å². The summed E-state index contributed by atoms with van der Waals surface area (Å²) in [7, 11) is 0. The molecule has 0 aromatic heterocycles. The highest BCUT2D eigenvalue weighted by Gasteiger charge is 2.24. The molecule has 7 heteroatoms. The van der Waals surface area contributed by atoms with E-state index in [0.29, 0.717) is 31.4 Å². The van der Waals surface area contributed by atoms with Crippen molar-refractivity contribution in [3.05, 3.63) is 47.2 Å². The number of amides is 2. The fraction of sp³-hybridized carbons (Fsp3) is 0.643. The lowest BCUT2D eigenvalue weighted by Crippen LogP contribution is -2.42. The van der Waals surface area contributed by atoms with Crippen LogP contribution in [0.3, 0.4) is 0 Å². The van der Waals surface area contributed by atoms with Gasteiger partial charge in [0.05, 0.1) is 12.6 Å². The van der Waals surface area contributed by atoms with Gasteiger partial charge in [-0.3, -0.25) is 4.79 Å². The second kappa shape index (κ2) is 13.0. The molecule has 1 fully saturated rings. The van der Waals surface area contributed by atoms with Gasteiger partial charge in [-0.2, -0.15) is 0 Å². The molecular formula is C28H43N3O4. The van der Waals surface area contributed by atoms with Crippen molar-refractivity contribution in [3.8, 4) is 0 Å². The Morgan fingerprint density at radius 3 is 2.49 bits per heavy atom. The van der Waals surface area contributed by atoms with E-state index in [2.05, 4.69) is 31.4 Å². The average Bonchev–Trinajstić information content (AvgIpc) is 2.83. The van der Waals surface area contributed by atoms with Crippen LogP contribution in [0.5, 0.6) is 0 Å². The second-order valence-electron chi connectivity index (χ2n) is 11.1. The maximum absolute atomic E-state index is 12.4. The number of alkyl carbamates (subject to hydrolysis) is 1. The molecule has 194 valence electrons. The summed E-state index contributed by atoms with van der Waals surface area (Å²) in [6.07, 6.45) is 6.03. The fourth-order valence-corrected chi connectivity index (χ4v) is 4.30. The molecular weight excluding hydrogens is 442 g/mol. The van der Waals surface area contributed by atoms with Crippen molar-refractivity contribution < 1.29 is 19.1 Å². The summed E-state index contributed by atoms with van der Waals surface area (Å²) in [5, 5.41) is 6.38. The highest BCUT2D eigenvalue weighted by atomic mass is 16.5. The van der Waals surface area contributed by atoms with Crippen molar-refractivity contribution in [1.29, 1.82) is 0 Å². The molecule has 1 aromatic carbocycles. The van der Waals surface area contributed by atoms with Gasteiger partial charge in [0.1, 0.15) is 19.0 Å². The number of rotatable bonds is 9. The number of piperidine rings is 1. The topological polar surface area (TPSA) is 79.9 Å². The molecule has 2 N–H and O–H groups in total. The third-order valence-electron chi connectivity index (χ3n) is 6.70. The predicted molar refractivity (Wildman–Crippen MR) is 138 cm³/mol. The van der Waals surface area contributed by atoms with Gasteiger partial charge in [0.15, 0.2) is 0 Å². The Bertz CT molecular complexity index is 852. The minimum Gasteiger partial charge on any atom is -0.495 e. The lowest BCUT2D eigenvalue weighted by atomic mass is 9.90. The molecule has 2 aliphatic heterocycles. The highest BCUT2D eigenvalue weighted by molar-refractivity contribution is 5.76. The predicted octanol–water partition coefficient (Wildman–Crippen LogP) is 4.55. The SMILES string of the molecule is Cc1ccc(COC(=O)NC2CC=C(CNCC3CCN(C(=O)CCC(C)(C)C)CC3)OC2)cc1. The summed E-state index contributed by atoms with van der Waals surface area (Å²) in [5.74, 6) is 1.81. The van der Waals surface area contributed by atoms with E-state index in [-0.39, 0.29) is 18.1 Å².